The number of anilines is 1. The van der Waals surface area contributed by atoms with Crippen molar-refractivity contribution in [3.05, 3.63) is 46.7 Å². The summed E-state index contributed by atoms with van der Waals surface area (Å²) in [4.78, 5) is 1.57. The Balaban J connectivity index is 1.69. The maximum Gasteiger partial charge on any atom is 0.240 e. The molecule has 0 aliphatic heterocycles. The van der Waals surface area contributed by atoms with Crippen LogP contribution in [0.3, 0.4) is 0 Å². The molecule has 2 N–H and O–H groups in total. The van der Waals surface area contributed by atoms with Crippen molar-refractivity contribution in [3.8, 4) is 0 Å². The lowest BCUT2D eigenvalue weighted by Crippen LogP contribution is -2.25. The molecule has 3 rings (SSSR count). The van der Waals surface area contributed by atoms with Crippen molar-refractivity contribution in [1.82, 2.24) is 4.72 Å². The Bertz CT molecular complexity index is 690. The van der Waals surface area contributed by atoms with Gasteiger partial charge in [-0.15, -0.1) is 11.3 Å². The van der Waals surface area contributed by atoms with Gasteiger partial charge in [0.1, 0.15) is 0 Å². The standard InChI is InChI=1S/C15H18N2O2S2/c1-11(15-3-2-10-20-15)16-12-6-8-14(9-7-12)21(18,19)17-13-4-5-13/h2-3,6-11,13,16-17H,4-5H2,1H3. The Labute approximate surface area is 129 Å². The molecule has 1 heterocycles. The highest BCUT2D eigenvalue weighted by atomic mass is 32.2. The zero-order valence-electron chi connectivity index (χ0n) is 11.7. The number of rotatable bonds is 6. The second kappa shape index (κ2) is 5.79. The minimum absolute atomic E-state index is 0.131. The molecule has 1 aromatic carbocycles. The summed E-state index contributed by atoms with van der Waals surface area (Å²) in [5.41, 5.74) is 0.918. The van der Waals surface area contributed by atoms with Crippen LogP contribution in [0.2, 0.25) is 0 Å². The van der Waals surface area contributed by atoms with E-state index >= 15 is 0 Å². The molecule has 1 aliphatic rings. The van der Waals surface area contributed by atoms with Gasteiger partial charge in [0, 0.05) is 16.6 Å². The molecule has 1 fully saturated rings. The van der Waals surface area contributed by atoms with Crippen LogP contribution in [0.4, 0.5) is 5.69 Å². The summed E-state index contributed by atoms with van der Waals surface area (Å²) in [5, 5.41) is 5.42. The number of hydrogen-bond donors (Lipinski definition) is 2. The van der Waals surface area contributed by atoms with E-state index in [0.29, 0.717) is 4.90 Å². The summed E-state index contributed by atoms with van der Waals surface area (Å²) < 4.78 is 26.8. The van der Waals surface area contributed by atoms with Gasteiger partial charge in [-0.05, 0) is 55.5 Å². The first-order valence-corrected chi connectivity index (χ1v) is 9.33. The van der Waals surface area contributed by atoms with Crippen LogP contribution in [0.15, 0.2) is 46.7 Å². The smallest absolute Gasteiger partial charge is 0.240 e. The molecular formula is C15H18N2O2S2. The molecule has 2 aromatic rings. The first-order chi connectivity index (χ1) is 10.0. The van der Waals surface area contributed by atoms with Crippen molar-refractivity contribution in [1.29, 1.82) is 0 Å². The molecule has 0 spiro atoms. The molecule has 4 nitrogen and oxygen atoms in total. The Morgan fingerprint density at radius 2 is 1.90 bits per heavy atom. The van der Waals surface area contributed by atoms with Crippen LogP contribution in [0.1, 0.15) is 30.7 Å². The fourth-order valence-electron chi connectivity index (χ4n) is 2.08. The van der Waals surface area contributed by atoms with Crippen LogP contribution >= 0.6 is 11.3 Å². The van der Waals surface area contributed by atoms with Crippen LogP contribution in [0.25, 0.3) is 0 Å². The van der Waals surface area contributed by atoms with Gasteiger partial charge in [-0.25, -0.2) is 13.1 Å². The minimum atomic E-state index is -3.36. The molecule has 0 amide bonds. The average molecular weight is 322 g/mol. The number of hydrogen-bond acceptors (Lipinski definition) is 4. The molecule has 1 aromatic heterocycles. The Morgan fingerprint density at radius 1 is 1.19 bits per heavy atom. The van der Waals surface area contributed by atoms with Crippen molar-refractivity contribution in [2.75, 3.05) is 5.32 Å². The molecule has 21 heavy (non-hydrogen) atoms. The molecule has 1 aliphatic carbocycles. The third kappa shape index (κ3) is 3.64. The Morgan fingerprint density at radius 3 is 2.48 bits per heavy atom. The minimum Gasteiger partial charge on any atom is -0.378 e. The summed E-state index contributed by atoms with van der Waals surface area (Å²) in [5.74, 6) is 0. The fraction of sp³-hybridized carbons (Fsp3) is 0.333. The van der Waals surface area contributed by atoms with Gasteiger partial charge in [0.15, 0.2) is 0 Å². The zero-order valence-corrected chi connectivity index (χ0v) is 13.4. The van der Waals surface area contributed by atoms with Crippen molar-refractivity contribution in [2.45, 2.75) is 36.7 Å². The third-order valence-corrected chi connectivity index (χ3v) is 6.01. The molecular weight excluding hydrogens is 304 g/mol. The van der Waals surface area contributed by atoms with Crippen LogP contribution in [-0.2, 0) is 10.0 Å². The van der Waals surface area contributed by atoms with E-state index in [2.05, 4.69) is 23.0 Å². The van der Waals surface area contributed by atoms with E-state index in [1.807, 2.05) is 23.6 Å². The molecule has 1 unspecified atom stereocenters. The highest BCUT2D eigenvalue weighted by Gasteiger charge is 2.27. The highest BCUT2D eigenvalue weighted by Crippen LogP contribution is 2.25. The topological polar surface area (TPSA) is 58.2 Å². The highest BCUT2D eigenvalue weighted by molar-refractivity contribution is 7.89. The van der Waals surface area contributed by atoms with Gasteiger partial charge in [0.2, 0.25) is 10.0 Å². The van der Waals surface area contributed by atoms with Gasteiger partial charge in [-0.3, -0.25) is 0 Å². The van der Waals surface area contributed by atoms with Gasteiger partial charge in [-0.1, -0.05) is 6.07 Å². The molecule has 0 bridgehead atoms. The SMILES string of the molecule is CC(Nc1ccc(S(=O)(=O)NC2CC2)cc1)c1cccs1. The van der Waals surface area contributed by atoms with E-state index in [4.69, 9.17) is 0 Å². The van der Waals surface area contributed by atoms with Gasteiger partial charge in [0.05, 0.1) is 10.9 Å². The predicted molar refractivity (Wildman–Crippen MR) is 86.1 cm³/mol. The lowest BCUT2D eigenvalue weighted by molar-refractivity contribution is 0.581. The van der Waals surface area contributed by atoms with Gasteiger partial charge in [-0.2, -0.15) is 0 Å². The number of sulfonamides is 1. The van der Waals surface area contributed by atoms with Crippen LogP contribution in [-0.4, -0.2) is 14.5 Å². The number of benzene rings is 1. The summed E-state index contributed by atoms with van der Waals surface area (Å²) in [7, 11) is -3.36. The number of thiophene rings is 1. The largest absolute Gasteiger partial charge is 0.378 e. The van der Waals surface area contributed by atoms with E-state index in [1.165, 1.54) is 4.88 Å². The summed E-state index contributed by atoms with van der Waals surface area (Å²) in [6.07, 6.45) is 1.88. The van der Waals surface area contributed by atoms with Gasteiger partial charge in [0.25, 0.3) is 0 Å². The average Bonchev–Trinajstić information content (AvgIpc) is 3.08. The van der Waals surface area contributed by atoms with Gasteiger partial charge < -0.3 is 5.32 Å². The first kappa shape index (κ1) is 14.6. The van der Waals surface area contributed by atoms with Crippen molar-refractivity contribution in [3.63, 3.8) is 0 Å². The molecule has 1 saturated carbocycles. The van der Waals surface area contributed by atoms with E-state index in [1.54, 1.807) is 23.5 Å². The lowest BCUT2D eigenvalue weighted by atomic mass is 10.2. The van der Waals surface area contributed by atoms with Gasteiger partial charge >= 0.3 is 0 Å². The lowest BCUT2D eigenvalue weighted by Gasteiger charge is -2.14. The van der Waals surface area contributed by atoms with E-state index in [9.17, 15) is 8.42 Å². The van der Waals surface area contributed by atoms with E-state index in [-0.39, 0.29) is 12.1 Å². The van der Waals surface area contributed by atoms with Crippen molar-refractivity contribution in [2.24, 2.45) is 0 Å². The van der Waals surface area contributed by atoms with E-state index < -0.39 is 10.0 Å². The molecule has 0 radical (unpaired) electrons. The Kier molecular flexibility index (Phi) is 4.01. The molecule has 112 valence electrons. The van der Waals surface area contributed by atoms with Crippen LogP contribution in [0.5, 0.6) is 0 Å². The second-order valence-electron chi connectivity index (χ2n) is 5.30. The molecule has 0 saturated heterocycles. The van der Waals surface area contributed by atoms with E-state index in [0.717, 1.165) is 18.5 Å². The monoisotopic (exact) mass is 322 g/mol. The summed E-state index contributed by atoms with van der Waals surface area (Å²) in [6, 6.07) is 11.4. The van der Waals surface area contributed by atoms with Crippen LogP contribution in [0, 0.1) is 0 Å². The third-order valence-electron chi connectivity index (χ3n) is 3.42. The van der Waals surface area contributed by atoms with Crippen molar-refractivity contribution < 1.29 is 8.42 Å². The maximum absolute atomic E-state index is 12.1. The molecule has 6 heteroatoms. The normalized spacial score (nSPS) is 16.6. The zero-order chi connectivity index (χ0) is 14.9. The predicted octanol–water partition coefficient (Wildman–Crippen LogP) is 3.36. The first-order valence-electron chi connectivity index (χ1n) is 6.97. The quantitative estimate of drug-likeness (QED) is 0.857. The summed E-state index contributed by atoms with van der Waals surface area (Å²) >= 11 is 1.70. The second-order valence-corrected chi connectivity index (χ2v) is 7.99. The Hall–Kier alpha value is -1.37. The molecule has 1 atom stereocenters. The number of nitrogens with one attached hydrogen (secondary N) is 2. The maximum atomic E-state index is 12.1. The summed E-state index contributed by atoms with van der Waals surface area (Å²) in [6.45, 7) is 2.09. The van der Waals surface area contributed by atoms with Crippen molar-refractivity contribution >= 4 is 27.0 Å². The van der Waals surface area contributed by atoms with Crippen LogP contribution < -0.4 is 10.0 Å². The fourth-order valence-corrected chi connectivity index (χ4v) is 4.12.